The molecule has 4 aromatic carbocycles. The molecule has 0 saturated heterocycles. The fourth-order valence-electron chi connectivity index (χ4n) is 4.23. The van der Waals surface area contributed by atoms with Crippen LogP contribution >= 0.6 is 0 Å². The summed E-state index contributed by atoms with van der Waals surface area (Å²) in [6, 6.07) is 41.0. The van der Waals surface area contributed by atoms with Crippen LogP contribution in [0.3, 0.4) is 0 Å². The topological polar surface area (TPSA) is 0 Å². The molecule has 0 heterocycles. The van der Waals surface area contributed by atoms with Crippen molar-refractivity contribution in [2.24, 2.45) is 0 Å². The molecular formula is C25H16. The summed E-state index contributed by atoms with van der Waals surface area (Å²) in [6.07, 6.45) is 0. The standard InChI is InChI=1S/C25H16/c1-3-11-19(12-4-1)25(20-13-5-2-6-14-20)23-17-9-7-15-21(23)22-16-8-10-18-24(22)25/h1-7,9-16,18H. The Morgan fingerprint density at radius 3 is 1.96 bits per heavy atom. The first-order valence-corrected chi connectivity index (χ1v) is 8.55. The van der Waals surface area contributed by atoms with E-state index in [4.69, 9.17) is 0 Å². The van der Waals surface area contributed by atoms with Gasteiger partial charge < -0.3 is 0 Å². The maximum Gasteiger partial charge on any atom is 0.0719 e. The van der Waals surface area contributed by atoms with Crippen LogP contribution in [0.4, 0.5) is 0 Å². The molecule has 4 aromatic rings. The van der Waals surface area contributed by atoms with Crippen LogP contribution in [-0.4, -0.2) is 0 Å². The lowest BCUT2D eigenvalue weighted by molar-refractivity contribution is 0.767. The Balaban J connectivity index is 1.98. The van der Waals surface area contributed by atoms with Gasteiger partial charge in [0.15, 0.2) is 0 Å². The normalized spacial score (nSPS) is 13.9. The maximum atomic E-state index is 3.57. The molecule has 0 atom stereocenters. The third-order valence-corrected chi connectivity index (χ3v) is 5.20. The summed E-state index contributed by atoms with van der Waals surface area (Å²) >= 11 is 0. The summed E-state index contributed by atoms with van der Waals surface area (Å²) in [5.74, 6) is 0. The van der Waals surface area contributed by atoms with E-state index in [0.29, 0.717) is 0 Å². The minimum Gasteiger partial charge on any atom is -0.0622 e. The van der Waals surface area contributed by atoms with Crippen molar-refractivity contribution in [3.63, 3.8) is 0 Å². The SMILES string of the molecule is [c]1ccc2c(c1)-c1ccc[c]c1C2(c1ccccc1)c1ccccc1. The fraction of sp³-hybridized carbons (Fsp3) is 0.0400. The van der Waals surface area contributed by atoms with Crippen molar-refractivity contribution in [3.8, 4) is 11.1 Å². The van der Waals surface area contributed by atoms with Crippen molar-refractivity contribution in [2.45, 2.75) is 5.41 Å². The molecule has 0 bridgehead atoms. The highest BCUT2D eigenvalue weighted by molar-refractivity contribution is 5.85. The van der Waals surface area contributed by atoms with Gasteiger partial charge in [0.1, 0.15) is 0 Å². The lowest BCUT2D eigenvalue weighted by Crippen LogP contribution is -2.28. The van der Waals surface area contributed by atoms with Gasteiger partial charge in [-0.2, -0.15) is 0 Å². The molecule has 25 heavy (non-hydrogen) atoms. The molecule has 0 N–H and O–H groups in total. The average molecular weight is 316 g/mol. The van der Waals surface area contributed by atoms with E-state index >= 15 is 0 Å². The molecule has 1 aliphatic rings. The Kier molecular flexibility index (Phi) is 3.11. The van der Waals surface area contributed by atoms with Crippen LogP contribution in [-0.2, 0) is 5.41 Å². The van der Waals surface area contributed by atoms with Gasteiger partial charge >= 0.3 is 0 Å². The average Bonchev–Trinajstić information content (AvgIpc) is 3.01. The van der Waals surface area contributed by atoms with Crippen molar-refractivity contribution in [3.05, 3.63) is 131 Å². The van der Waals surface area contributed by atoms with Crippen LogP contribution < -0.4 is 0 Å². The van der Waals surface area contributed by atoms with Gasteiger partial charge in [0.2, 0.25) is 0 Å². The highest BCUT2D eigenvalue weighted by Crippen LogP contribution is 2.55. The predicted octanol–water partition coefficient (Wildman–Crippen LogP) is 5.65. The molecule has 1 aliphatic carbocycles. The van der Waals surface area contributed by atoms with Crippen molar-refractivity contribution < 1.29 is 0 Å². The predicted molar refractivity (Wildman–Crippen MR) is 101 cm³/mol. The second-order valence-corrected chi connectivity index (χ2v) is 6.41. The number of hydrogen-bond acceptors (Lipinski definition) is 0. The lowest BCUT2D eigenvalue weighted by atomic mass is 9.68. The third kappa shape index (κ3) is 1.88. The zero-order valence-corrected chi connectivity index (χ0v) is 13.7. The number of fused-ring (bicyclic) bond motifs is 3. The van der Waals surface area contributed by atoms with E-state index < -0.39 is 0 Å². The van der Waals surface area contributed by atoms with Gasteiger partial charge in [-0.05, 0) is 51.6 Å². The molecule has 2 radical (unpaired) electrons. The summed E-state index contributed by atoms with van der Waals surface area (Å²) in [6.45, 7) is 0. The Labute approximate surface area is 148 Å². The highest BCUT2D eigenvalue weighted by atomic mass is 14.5. The van der Waals surface area contributed by atoms with E-state index in [9.17, 15) is 0 Å². The zero-order valence-electron chi connectivity index (χ0n) is 13.7. The second kappa shape index (κ2) is 5.46. The van der Waals surface area contributed by atoms with Crippen LogP contribution in [0.5, 0.6) is 0 Å². The molecule has 116 valence electrons. The first kappa shape index (κ1) is 14.2. The number of benzene rings is 4. The molecular weight excluding hydrogens is 300 g/mol. The molecule has 0 amide bonds. The Bertz CT molecular complexity index is 943. The Morgan fingerprint density at radius 1 is 0.600 bits per heavy atom. The van der Waals surface area contributed by atoms with E-state index in [1.54, 1.807) is 0 Å². The van der Waals surface area contributed by atoms with Crippen LogP contribution in [0, 0.1) is 12.1 Å². The monoisotopic (exact) mass is 316 g/mol. The quantitative estimate of drug-likeness (QED) is 0.395. The van der Waals surface area contributed by atoms with Gasteiger partial charge in [0.25, 0.3) is 0 Å². The van der Waals surface area contributed by atoms with Gasteiger partial charge in [0.05, 0.1) is 5.41 Å². The molecule has 5 rings (SSSR count). The molecule has 0 heteroatoms. The van der Waals surface area contributed by atoms with Crippen LogP contribution in [0.25, 0.3) is 11.1 Å². The largest absolute Gasteiger partial charge is 0.0719 e. The van der Waals surface area contributed by atoms with E-state index in [-0.39, 0.29) is 5.41 Å². The minimum atomic E-state index is -0.330. The molecule has 0 aliphatic heterocycles. The van der Waals surface area contributed by atoms with Gasteiger partial charge in [-0.3, -0.25) is 0 Å². The smallest absolute Gasteiger partial charge is 0.0622 e. The van der Waals surface area contributed by atoms with E-state index in [2.05, 4.69) is 97.1 Å². The summed E-state index contributed by atoms with van der Waals surface area (Å²) in [4.78, 5) is 0. The Morgan fingerprint density at radius 2 is 1.28 bits per heavy atom. The van der Waals surface area contributed by atoms with Crippen molar-refractivity contribution >= 4 is 0 Å². The van der Waals surface area contributed by atoms with Crippen LogP contribution in [0.1, 0.15) is 22.3 Å². The number of rotatable bonds is 2. The van der Waals surface area contributed by atoms with Crippen LogP contribution in [0.15, 0.2) is 97.1 Å². The van der Waals surface area contributed by atoms with Crippen molar-refractivity contribution in [1.82, 2.24) is 0 Å². The summed E-state index contributed by atoms with van der Waals surface area (Å²) in [5, 5.41) is 0. The number of hydrogen-bond donors (Lipinski definition) is 0. The van der Waals surface area contributed by atoms with Gasteiger partial charge in [-0.15, -0.1) is 0 Å². The lowest BCUT2D eigenvalue weighted by Gasteiger charge is -2.33. The van der Waals surface area contributed by atoms with Gasteiger partial charge in [-0.1, -0.05) is 91.0 Å². The highest BCUT2D eigenvalue weighted by Gasteiger charge is 2.45. The van der Waals surface area contributed by atoms with E-state index in [0.717, 1.165) is 0 Å². The van der Waals surface area contributed by atoms with E-state index in [1.807, 2.05) is 12.1 Å². The van der Waals surface area contributed by atoms with E-state index in [1.165, 1.54) is 33.4 Å². The molecule has 0 spiro atoms. The third-order valence-electron chi connectivity index (χ3n) is 5.20. The molecule has 0 aromatic heterocycles. The second-order valence-electron chi connectivity index (χ2n) is 6.41. The first-order chi connectivity index (χ1) is 12.4. The maximum absolute atomic E-state index is 3.57. The molecule has 0 fully saturated rings. The summed E-state index contributed by atoms with van der Waals surface area (Å²) < 4.78 is 0. The molecule has 0 saturated carbocycles. The minimum absolute atomic E-state index is 0.330. The van der Waals surface area contributed by atoms with Crippen LogP contribution in [0.2, 0.25) is 0 Å². The zero-order chi connectivity index (χ0) is 16.7. The molecule has 0 unspecified atom stereocenters. The van der Waals surface area contributed by atoms with Crippen molar-refractivity contribution in [1.29, 1.82) is 0 Å². The first-order valence-electron chi connectivity index (χ1n) is 8.55. The Hall–Kier alpha value is -3.12. The van der Waals surface area contributed by atoms with Gasteiger partial charge in [0, 0.05) is 0 Å². The molecule has 0 nitrogen and oxygen atoms in total. The summed E-state index contributed by atoms with van der Waals surface area (Å²) in [7, 11) is 0. The van der Waals surface area contributed by atoms with Crippen molar-refractivity contribution in [2.75, 3.05) is 0 Å². The summed E-state index contributed by atoms with van der Waals surface area (Å²) in [5.41, 5.74) is 7.25. The van der Waals surface area contributed by atoms with Gasteiger partial charge in [-0.25, -0.2) is 0 Å². The fourth-order valence-corrected chi connectivity index (χ4v) is 4.23.